The van der Waals surface area contributed by atoms with Gasteiger partial charge in [-0.05, 0) is 49.3 Å². The molecule has 3 aromatic heterocycles. The number of allylic oxidation sites excluding steroid dienone is 1. The fourth-order valence-electron chi connectivity index (χ4n) is 5.90. The van der Waals surface area contributed by atoms with Crippen molar-refractivity contribution in [2.45, 2.75) is 68.7 Å². The minimum Gasteiger partial charge on any atom is -0.472 e. The molecule has 3 aliphatic rings. The zero-order valence-corrected chi connectivity index (χ0v) is 24.2. The van der Waals surface area contributed by atoms with Crippen molar-refractivity contribution >= 4 is 39.3 Å². The summed E-state index contributed by atoms with van der Waals surface area (Å²) in [5, 5.41) is 5.60. The number of methoxy groups -OCH3 is 1. The van der Waals surface area contributed by atoms with Crippen molar-refractivity contribution in [2.75, 3.05) is 13.7 Å². The topological polar surface area (TPSA) is 150 Å². The van der Waals surface area contributed by atoms with Crippen LogP contribution >= 0.6 is 11.3 Å². The van der Waals surface area contributed by atoms with E-state index in [2.05, 4.69) is 26.3 Å². The lowest BCUT2D eigenvalue weighted by Gasteiger charge is -2.28. The molecule has 6 rings (SSSR count). The molecule has 12 heteroatoms. The van der Waals surface area contributed by atoms with Gasteiger partial charge in [0.05, 0.1) is 25.1 Å². The molecule has 0 bridgehead atoms. The van der Waals surface area contributed by atoms with Crippen molar-refractivity contribution in [1.29, 1.82) is 0 Å². The second-order valence-electron chi connectivity index (χ2n) is 11.1. The van der Waals surface area contributed by atoms with Crippen LogP contribution in [-0.2, 0) is 19.1 Å². The molecule has 1 saturated carbocycles. The highest BCUT2D eigenvalue weighted by Gasteiger charge is 2.62. The standard InChI is InChI=1S/C30H34N6O5S/c1-40-29(39)30-16-18(30)9-5-3-2-4-6-10-21(31)28(38)36-17-19(15-23(36)25(37)35-30)41-26-20-12-14-42-27(20)34-24(33-26)22-11-7-8-13-32-22/h5,7-9,11-14,18-19,21,23H,2-4,6,10,15-17,31H2,1H3,(H,35,37)/b9-5-/t18-,19-,21+,23+,30-/m1/s1. The van der Waals surface area contributed by atoms with E-state index in [-0.39, 0.29) is 24.8 Å². The molecule has 11 nitrogen and oxygen atoms in total. The van der Waals surface area contributed by atoms with Crippen LogP contribution in [0, 0.1) is 5.92 Å². The number of aromatic nitrogens is 3. The van der Waals surface area contributed by atoms with Crippen molar-refractivity contribution in [3.8, 4) is 17.4 Å². The summed E-state index contributed by atoms with van der Waals surface area (Å²) in [5.74, 6) is -0.571. The first-order valence-corrected chi connectivity index (χ1v) is 15.2. The first kappa shape index (κ1) is 28.2. The lowest BCUT2D eigenvalue weighted by atomic mass is 10.1. The summed E-state index contributed by atoms with van der Waals surface area (Å²) in [6, 6.07) is 5.80. The second-order valence-corrected chi connectivity index (χ2v) is 12.0. The van der Waals surface area contributed by atoms with Gasteiger partial charge in [0.25, 0.3) is 0 Å². The van der Waals surface area contributed by atoms with Crippen LogP contribution in [0.1, 0.15) is 44.9 Å². The third kappa shape index (κ3) is 5.48. The van der Waals surface area contributed by atoms with Gasteiger partial charge in [-0.2, -0.15) is 4.98 Å². The monoisotopic (exact) mass is 590 g/mol. The van der Waals surface area contributed by atoms with Gasteiger partial charge in [-0.25, -0.2) is 9.78 Å². The summed E-state index contributed by atoms with van der Waals surface area (Å²) in [7, 11) is 1.32. The van der Waals surface area contributed by atoms with E-state index in [1.54, 1.807) is 6.20 Å². The molecule has 3 N–H and O–H groups in total. The lowest BCUT2D eigenvalue weighted by molar-refractivity contribution is -0.148. The zero-order valence-electron chi connectivity index (χ0n) is 23.4. The summed E-state index contributed by atoms with van der Waals surface area (Å²) in [4.78, 5) is 56.2. The minimum absolute atomic E-state index is 0.156. The van der Waals surface area contributed by atoms with Gasteiger partial charge in [0, 0.05) is 18.5 Å². The summed E-state index contributed by atoms with van der Waals surface area (Å²) >= 11 is 1.46. The van der Waals surface area contributed by atoms with Crippen molar-refractivity contribution in [3.05, 3.63) is 48.0 Å². The van der Waals surface area contributed by atoms with Gasteiger partial charge < -0.3 is 25.4 Å². The van der Waals surface area contributed by atoms with Crippen LogP contribution in [-0.4, -0.2) is 75.0 Å². The highest BCUT2D eigenvalue weighted by molar-refractivity contribution is 7.16. The Morgan fingerprint density at radius 1 is 1.19 bits per heavy atom. The highest BCUT2D eigenvalue weighted by atomic mass is 32.1. The Balaban J connectivity index is 1.29. The average Bonchev–Trinajstić information content (AvgIpc) is 3.31. The number of rotatable bonds is 4. The number of fused-ring (bicyclic) bond motifs is 3. The molecule has 2 amide bonds. The maximum Gasteiger partial charge on any atom is 0.332 e. The lowest BCUT2D eigenvalue weighted by Crippen LogP contribution is -2.55. The fraction of sp³-hybridized carbons (Fsp3) is 0.467. The largest absolute Gasteiger partial charge is 0.472 e. The summed E-state index contributed by atoms with van der Waals surface area (Å²) < 4.78 is 11.5. The summed E-state index contributed by atoms with van der Waals surface area (Å²) in [5.41, 5.74) is 5.83. The van der Waals surface area contributed by atoms with Gasteiger partial charge in [0.2, 0.25) is 17.7 Å². The number of ether oxygens (including phenoxy) is 2. The molecular weight excluding hydrogens is 556 g/mol. The smallest absolute Gasteiger partial charge is 0.332 e. The number of carbonyl (C=O) groups is 3. The molecule has 1 aliphatic carbocycles. The Labute approximate surface area is 247 Å². The molecule has 3 aromatic rings. The van der Waals surface area contributed by atoms with E-state index < -0.39 is 35.6 Å². The van der Waals surface area contributed by atoms with Crippen LogP contribution in [0.3, 0.4) is 0 Å². The minimum atomic E-state index is -1.13. The highest BCUT2D eigenvalue weighted by Crippen LogP contribution is 2.46. The number of nitrogens with one attached hydrogen (secondary N) is 1. The first-order chi connectivity index (χ1) is 20.4. The predicted molar refractivity (Wildman–Crippen MR) is 156 cm³/mol. The maximum atomic E-state index is 13.8. The van der Waals surface area contributed by atoms with Crippen LogP contribution in [0.5, 0.6) is 5.88 Å². The molecule has 0 unspecified atom stereocenters. The SMILES string of the molecule is COC(=O)[C@@]12C[C@H]1/C=C\CCCCC[C@H](N)C(=O)N1C[C@H](Oc3nc(-c4ccccn4)nc4sccc34)C[C@H]1C(=O)N2. The summed E-state index contributed by atoms with van der Waals surface area (Å²) in [6.07, 6.45) is 9.97. The van der Waals surface area contributed by atoms with Gasteiger partial charge in [0.1, 0.15) is 28.2 Å². The van der Waals surface area contributed by atoms with Crippen LogP contribution in [0.4, 0.5) is 0 Å². The Bertz CT molecular complexity index is 1510. The summed E-state index contributed by atoms with van der Waals surface area (Å²) in [6.45, 7) is 0.160. The van der Waals surface area contributed by atoms with Gasteiger partial charge in [-0.3, -0.25) is 14.6 Å². The van der Waals surface area contributed by atoms with E-state index in [1.165, 1.54) is 23.3 Å². The van der Waals surface area contributed by atoms with E-state index in [1.807, 2.05) is 35.7 Å². The van der Waals surface area contributed by atoms with Gasteiger partial charge >= 0.3 is 5.97 Å². The quantitative estimate of drug-likeness (QED) is 0.345. The predicted octanol–water partition coefficient (Wildman–Crippen LogP) is 3.00. The van der Waals surface area contributed by atoms with Crippen molar-refractivity contribution in [2.24, 2.45) is 11.7 Å². The van der Waals surface area contributed by atoms with Crippen LogP contribution < -0.4 is 15.8 Å². The second kappa shape index (κ2) is 11.8. The van der Waals surface area contributed by atoms with E-state index >= 15 is 0 Å². The van der Waals surface area contributed by atoms with Crippen molar-refractivity contribution in [3.63, 3.8) is 0 Å². The molecule has 1 saturated heterocycles. The number of amides is 2. The van der Waals surface area contributed by atoms with Crippen molar-refractivity contribution in [1.82, 2.24) is 25.2 Å². The van der Waals surface area contributed by atoms with E-state index in [0.29, 0.717) is 30.2 Å². The molecule has 2 fully saturated rings. The van der Waals surface area contributed by atoms with Gasteiger partial charge in [-0.15, -0.1) is 11.3 Å². The molecule has 220 valence electrons. The number of nitrogens with zero attached hydrogens (tertiary/aromatic N) is 4. The molecule has 0 spiro atoms. The number of nitrogens with two attached hydrogens (primary N) is 1. The van der Waals surface area contributed by atoms with Gasteiger partial charge in [0.15, 0.2) is 5.82 Å². The molecule has 0 radical (unpaired) electrons. The van der Waals surface area contributed by atoms with Crippen LogP contribution in [0.2, 0.25) is 0 Å². The third-order valence-corrected chi connectivity index (χ3v) is 9.10. The molecular formula is C30H34N6O5S. The maximum absolute atomic E-state index is 13.8. The normalized spacial score (nSPS) is 29.0. The van der Waals surface area contributed by atoms with E-state index in [0.717, 1.165) is 35.9 Å². The molecule has 0 aromatic carbocycles. The van der Waals surface area contributed by atoms with E-state index in [4.69, 9.17) is 15.2 Å². The molecule has 5 heterocycles. The third-order valence-electron chi connectivity index (χ3n) is 8.29. The number of thiophene rings is 1. The van der Waals surface area contributed by atoms with Crippen molar-refractivity contribution < 1.29 is 23.9 Å². The number of hydrogen-bond donors (Lipinski definition) is 2. The Morgan fingerprint density at radius 3 is 2.88 bits per heavy atom. The number of pyridine rings is 1. The zero-order chi connectivity index (χ0) is 29.3. The van der Waals surface area contributed by atoms with Crippen LogP contribution in [0.25, 0.3) is 21.7 Å². The Hall–Kier alpha value is -3.90. The molecule has 42 heavy (non-hydrogen) atoms. The number of hydrogen-bond acceptors (Lipinski definition) is 10. The fourth-order valence-corrected chi connectivity index (χ4v) is 6.65. The number of carbonyl (C=O) groups excluding carboxylic acids is 3. The van der Waals surface area contributed by atoms with E-state index in [9.17, 15) is 14.4 Å². The number of esters is 1. The Morgan fingerprint density at radius 2 is 2.07 bits per heavy atom. The molecule has 2 aliphatic heterocycles. The first-order valence-electron chi connectivity index (χ1n) is 14.4. The van der Waals surface area contributed by atoms with Crippen LogP contribution in [0.15, 0.2) is 48.0 Å². The Kier molecular flexibility index (Phi) is 7.91. The van der Waals surface area contributed by atoms with Gasteiger partial charge in [-0.1, -0.05) is 31.1 Å². The molecule has 5 atom stereocenters. The average molecular weight is 591 g/mol.